The first kappa shape index (κ1) is 33.4. The van der Waals surface area contributed by atoms with Crippen molar-refractivity contribution in [2.45, 2.75) is 123 Å². The van der Waals surface area contributed by atoms with E-state index in [2.05, 4.69) is 38.0 Å². The fourth-order valence-corrected chi connectivity index (χ4v) is 6.46. The highest BCUT2D eigenvalue weighted by atomic mass is 16.7. The molecule has 2 rings (SSSR count). The van der Waals surface area contributed by atoms with Crippen LogP contribution in [0.15, 0.2) is 0 Å². The Hall–Kier alpha value is -0.810. The molecule has 1 amide bonds. The summed E-state index contributed by atoms with van der Waals surface area (Å²) in [6.07, 6.45) is -1.17. The van der Waals surface area contributed by atoms with Crippen molar-refractivity contribution in [2.75, 3.05) is 34.2 Å². The van der Waals surface area contributed by atoms with Crippen LogP contribution in [0, 0.1) is 23.7 Å². The van der Waals surface area contributed by atoms with E-state index in [9.17, 15) is 20.1 Å². The van der Waals surface area contributed by atoms with Crippen molar-refractivity contribution in [1.82, 2.24) is 15.1 Å². The van der Waals surface area contributed by atoms with Gasteiger partial charge >= 0.3 is 0 Å². The highest BCUT2D eigenvalue weighted by molar-refractivity contribution is 5.79. The number of hydrogen-bond donors (Lipinski definition) is 4. The zero-order valence-electron chi connectivity index (χ0n) is 25.6. The Morgan fingerprint density at radius 2 is 1.82 bits per heavy atom. The number of rotatable bonds is 5. The third-order valence-electron chi connectivity index (χ3n) is 8.46. The van der Waals surface area contributed by atoms with Gasteiger partial charge in [0, 0.05) is 24.5 Å². The van der Waals surface area contributed by atoms with Crippen molar-refractivity contribution in [3.05, 3.63) is 0 Å². The van der Waals surface area contributed by atoms with E-state index in [4.69, 9.17) is 9.47 Å². The molecule has 2 aliphatic rings. The van der Waals surface area contributed by atoms with E-state index >= 15 is 0 Å². The van der Waals surface area contributed by atoms with Gasteiger partial charge < -0.3 is 39.9 Å². The van der Waals surface area contributed by atoms with Gasteiger partial charge in [0.25, 0.3) is 0 Å². The number of nitrogens with zero attached hydrogens (tertiary/aromatic N) is 2. The molecule has 0 spiro atoms. The molecule has 9 heteroatoms. The van der Waals surface area contributed by atoms with Gasteiger partial charge in [-0.3, -0.25) is 4.79 Å². The number of hydrogen-bond acceptors (Lipinski definition) is 8. The van der Waals surface area contributed by atoms with Crippen LogP contribution < -0.4 is 5.32 Å². The lowest BCUT2D eigenvalue weighted by atomic mass is 9.77. The van der Waals surface area contributed by atoms with Crippen LogP contribution >= 0.6 is 0 Å². The Bertz CT molecular complexity index is 735. The van der Waals surface area contributed by atoms with Gasteiger partial charge in [-0.25, -0.2) is 0 Å². The standard InChI is InChI=1S/C29H57N3O6/c1-17(2)13-22-11-12-32(10)16-18(3)15-29(7,36)26(20(5)24(33)21(6)27(35)30-22)38-28-25(34)23(31(8)9)14-19(4)37-28/h17-26,28,33-34,36H,11-16H2,1-10H3,(H,30,35)/t18-,19-,20+,21-,22?,23+,24+,25-,26-,28+,29-/m1/s1. The molecule has 0 aromatic heterocycles. The van der Waals surface area contributed by atoms with Gasteiger partial charge in [0.15, 0.2) is 6.29 Å². The van der Waals surface area contributed by atoms with Gasteiger partial charge in [-0.2, -0.15) is 0 Å². The van der Waals surface area contributed by atoms with Crippen LogP contribution in [0.2, 0.25) is 0 Å². The summed E-state index contributed by atoms with van der Waals surface area (Å²) in [5.74, 6) is -0.921. The summed E-state index contributed by atoms with van der Waals surface area (Å²) < 4.78 is 12.5. The molecular weight excluding hydrogens is 486 g/mol. The number of aliphatic hydroxyl groups excluding tert-OH is 2. The average Bonchev–Trinajstić information content (AvgIpc) is 2.79. The van der Waals surface area contributed by atoms with Crippen molar-refractivity contribution in [1.29, 1.82) is 0 Å². The molecular formula is C29H57N3O6. The molecule has 0 aliphatic carbocycles. The van der Waals surface area contributed by atoms with Gasteiger partial charge in [-0.05, 0) is 79.1 Å². The van der Waals surface area contributed by atoms with Crippen LogP contribution in [0.4, 0.5) is 0 Å². The molecule has 2 heterocycles. The second-order valence-electron chi connectivity index (χ2n) is 13.3. The van der Waals surface area contributed by atoms with Crippen molar-refractivity contribution in [2.24, 2.45) is 23.7 Å². The minimum atomic E-state index is -1.33. The van der Waals surface area contributed by atoms with Gasteiger partial charge in [0.1, 0.15) is 6.10 Å². The summed E-state index contributed by atoms with van der Waals surface area (Å²) in [7, 11) is 5.90. The van der Waals surface area contributed by atoms with Crippen LogP contribution in [0.25, 0.3) is 0 Å². The van der Waals surface area contributed by atoms with Gasteiger partial charge in [-0.1, -0.05) is 34.6 Å². The fraction of sp³-hybridized carbons (Fsp3) is 0.966. The quantitative estimate of drug-likeness (QED) is 0.417. The summed E-state index contributed by atoms with van der Waals surface area (Å²) in [6, 6.07) is -0.138. The zero-order chi connectivity index (χ0) is 28.9. The molecule has 224 valence electrons. The summed E-state index contributed by atoms with van der Waals surface area (Å²) >= 11 is 0. The summed E-state index contributed by atoms with van der Waals surface area (Å²) in [5.41, 5.74) is -1.33. The van der Waals surface area contributed by atoms with Crippen LogP contribution in [-0.2, 0) is 14.3 Å². The second-order valence-corrected chi connectivity index (χ2v) is 13.3. The molecule has 9 nitrogen and oxygen atoms in total. The maximum absolute atomic E-state index is 13.3. The Kier molecular flexibility index (Phi) is 12.5. The first-order chi connectivity index (χ1) is 17.5. The van der Waals surface area contributed by atoms with E-state index in [-0.39, 0.29) is 30.0 Å². The Morgan fingerprint density at radius 3 is 2.39 bits per heavy atom. The normalized spacial score (nSPS) is 43.2. The van der Waals surface area contributed by atoms with Crippen molar-refractivity contribution >= 4 is 5.91 Å². The first-order valence-electron chi connectivity index (χ1n) is 14.6. The maximum atomic E-state index is 13.3. The molecule has 0 bridgehead atoms. The van der Waals surface area contributed by atoms with Gasteiger partial charge in [0.2, 0.25) is 5.91 Å². The smallest absolute Gasteiger partial charge is 0.225 e. The SMILES string of the molecule is CC(C)CC1CCN(C)C[C@H](C)C[C@@](C)(O)[C@H](O[C@@H]2O[C@H](C)C[C@H](N(C)C)[C@H]2O)[C@@H](C)[C@H](O)[C@@H](C)C(=O)N1. The highest BCUT2D eigenvalue weighted by Crippen LogP contribution is 2.35. The molecule has 0 aromatic rings. The van der Waals surface area contributed by atoms with E-state index in [1.54, 1.807) is 13.8 Å². The van der Waals surface area contributed by atoms with E-state index in [1.807, 2.05) is 32.8 Å². The lowest BCUT2D eigenvalue weighted by molar-refractivity contribution is -0.299. The minimum Gasteiger partial charge on any atom is -0.392 e. The van der Waals surface area contributed by atoms with Gasteiger partial charge in [0.05, 0.1) is 29.8 Å². The van der Waals surface area contributed by atoms with Crippen LogP contribution in [0.1, 0.15) is 74.1 Å². The molecule has 4 N–H and O–H groups in total. The monoisotopic (exact) mass is 543 g/mol. The molecule has 38 heavy (non-hydrogen) atoms. The first-order valence-corrected chi connectivity index (χ1v) is 14.6. The van der Waals surface area contributed by atoms with Crippen molar-refractivity contribution in [3.8, 4) is 0 Å². The number of aliphatic hydroxyl groups is 3. The number of carbonyl (C=O) groups excluding carboxylic acids is 1. The second kappa shape index (κ2) is 14.2. The average molecular weight is 544 g/mol. The molecule has 0 radical (unpaired) electrons. The van der Waals surface area contributed by atoms with E-state index in [0.717, 1.165) is 25.9 Å². The Balaban J connectivity index is 2.39. The number of nitrogens with one attached hydrogen (secondary N) is 1. The summed E-state index contributed by atoms with van der Waals surface area (Å²) in [5, 5.41) is 37.6. The summed E-state index contributed by atoms with van der Waals surface area (Å²) in [6.45, 7) is 15.2. The highest BCUT2D eigenvalue weighted by Gasteiger charge is 2.47. The molecule has 2 aliphatic heterocycles. The van der Waals surface area contributed by atoms with Crippen LogP contribution in [0.3, 0.4) is 0 Å². The molecule has 0 saturated carbocycles. The maximum Gasteiger partial charge on any atom is 0.225 e. The Morgan fingerprint density at radius 1 is 1.18 bits per heavy atom. The zero-order valence-corrected chi connectivity index (χ0v) is 25.6. The van der Waals surface area contributed by atoms with Crippen molar-refractivity contribution < 1.29 is 29.6 Å². The van der Waals surface area contributed by atoms with Crippen molar-refractivity contribution in [3.63, 3.8) is 0 Å². The predicted octanol–water partition coefficient (Wildman–Crippen LogP) is 2.07. The number of carbonyl (C=O) groups is 1. The topological polar surface area (TPSA) is 115 Å². The lowest BCUT2D eigenvalue weighted by Crippen LogP contribution is -2.59. The molecule has 11 atom stereocenters. The number of amides is 1. The fourth-order valence-electron chi connectivity index (χ4n) is 6.46. The lowest BCUT2D eigenvalue weighted by Gasteiger charge is -2.46. The molecule has 2 fully saturated rings. The third-order valence-corrected chi connectivity index (χ3v) is 8.46. The van der Waals surface area contributed by atoms with Crippen LogP contribution in [0.5, 0.6) is 0 Å². The van der Waals surface area contributed by atoms with E-state index < -0.39 is 42.0 Å². The van der Waals surface area contributed by atoms with Crippen LogP contribution in [-0.4, -0.2) is 114 Å². The summed E-state index contributed by atoms with van der Waals surface area (Å²) in [4.78, 5) is 17.5. The molecule has 2 saturated heterocycles. The minimum absolute atomic E-state index is 0.0264. The number of likely N-dealkylation sites (N-methyl/N-ethyl adjacent to an activating group) is 1. The Labute approximate surface area is 231 Å². The van der Waals surface area contributed by atoms with E-state index in [1.165, 1.54) is 0 Å². The molecule has 1 unspecified atom stereocenters. The van der Waals surface area contributed by atoms with E-state index in [0.29, 0.717) is 18.8 Å². The third kappa shape index (κ3) is 9.11. The number of ether oxygens (including phenoxy) is 2. The predicted molar refractivity (Wildman–Crippen MR) is 150 cm³/mol. The molecule has 0 aromatic carbocycles. The van der Waals surface area contributed by atoms with Gasteiger partial charge in [-0.15, -0.1) is 0 Å². The largest absolute Gasteiger partial charge is 0.392 e.